The molecule has 1 aromatic heterocycles. The molecule has 0 aromatic carbocycles. The number of carbonyl (C=O) groups is 2. The predicted molar refractivity (Wildman–Crippen MR) is 81.8 cm³/mol. The van der Waals surface area contributed by atoms with Crippen LogP contribution in [0.15, 0.2) is 11.3 Å². The minimum atomic E-state index is -1.17. The lowest BCUT2D eigenvalue weighted by Gasteiger charge is -2.48. The van der Waals surface area contributed by atoms with Crippen molar-refractivity contribution in [2.45, 2.75) is 16.7 Å². The quantitative estimate of drug-likeness (QED) is 0.432. The highest BCUT2D eigenvalue weighted by molar-refractivity contribution is 8.00. The molecule has 0 aliphatic carbocycles. The van der Waals surface area contributed by atoms with Crippen molar-refractivity contribution in [1.82, 2.24) is 15.1 Å². The molecule has 11 heteroatoms. The number of nitrogens with two attached hydrogens (primary N) is 2. The molecule has 0 bridgehead atoms. The Morgan fingerprint density at radius 3 is 2.81 bits per heavy atom. The van der Waals surface area contributed by atoms with Crippen LogP contribution in [0.1, 0.15) is 10.3 Å². The molecule has 3 heterocycles. The largest absolute Gasteiger partial charge is 0.477 e. The van der Waals surface area contributed by atoms with Crippen molar-refractivity contribution in [2.24, 2.45) is 5.73 Å². The first-order valence-electron chi connectivity index (χ1n) is 5.85. The molecule has 1 amide bonds. The number of carbonyl (C=O) groups excluding carboxylic acids is 1. The molecular formula is C10H11N5O3S3. The van der Waals surface area contributed by atoms with Gasteiger partial charge in [0, 0.05) is 5.75 Å². The Bertz CT molecular complexity index is 660. The van der Waals surface area contributed by atoms with E-state index in [1.807, 2.05) is 0 Å². The number of amides is 1. The maximum Gasteiger partial charge on any atom is 0.352 e. The Balaban J connectivity index is 2.02. The Labute approximate surface area is 133 Å². The summed E-state index contributed by atoms with van der Waals surface area (Å²) in [5.74, 6) is -1.15. The molecule has 0 spiro atoms. The number of carboxylic acids is 1. The summed E-state index contributed by atoms with van der Waals surface area (Å²) < 4.78 is 0. The van der Waals surface area contributed by atoms with Crippen molar-refractivity contribution in [3.8, 4) is 0 Å². The summed E-state index contributed by atoms with van der Waals surface area (Å²) in [6.45, 7) is 0. The van der Waals surface area contributed by atoms with Gasteiger partial charge in [-0.25, -0.2) is 4.79 Å². The zero-order chi connectivity index (χ0) is 15.3. The number of carboxylic acid groups (broad SMARTS) is 1. The van der Waals surface area contributed by atoms with Crippen LogP contribution >= 0.6 is 35.7 Å². The van der Waals surface area contributed by atoms with Crippen LogP contribution in [0.5, 0.6) is 0 Å². The van der Waals surface area contributed by atoms with Crippen LogP contribution in [-0.4, -0.2) is 49.2 Å². The van der Waals surface area contributed by atoms with Crippen LogP contribution in [0.25, 0.3) is 0 Å². The summed E-state index contributed by atoms with van der Waals surface area (Å²) in [7, 11) is 0. The van der Waals surface area contributed by atoms with Crippen LogP contribution in [0, 0.1) is 0 Å². The van der Waals surface area contributed by atoms with E-state index in [-0.39, 0.29) is 22.1 Å². The smallest absolute Gasteiger partial charge is 0.352 e. The van der Waals surface area contributed by atoms with Crippen molar-refractivity contribution in [2.75, 3.05) is 11.5 Å². The monoisotopic (exact) mass is 345 g/mol. The van der Waals surface area contributed by atoms with E-state index in [2.05, 4.69) is 22.8 Å². The Morgan fingerprint density at radius 1 is 1.52 bits per heavy atom. The van der Waals surface area contributed by atoms with Gasteiger partial charge in [-0.2, -0.15) is 12.6 Å². The van der Waals surface area contributed by atoms with E-state index in [0.29, 0.717) is 16.3 Å². The molecule has 0 saturated carbocycles. The first-order valence-corrected chi connectivity index (χ1v) is 8.23. The maximum atomic E-state index is 11.8. The van der Waals surface area contributed by atoms with E-state index < -0.39 is 17.3 Å². The molecule has 2 aliphatic heterocycles. The van der Waals surface area contributed by atoms with Gasteiger partial charge in [-0.15, -0.1) is 22.0 Å². The second-order valence-electron chi connectivity index (χ2n) is 4.50. The van der Waals surface area contributed by atoms with Gasteiger partial charge in [-0.3, -0.25) is 9.69 Å². The molecule has 112 valence electrons. The lowest BCUT2D eigenvalue weighted by atomic mass is 10.0. The number of anilines is 1. The standard InChI is InChI=1S/C10H11N5O3S3/c11-3-7(16)15-4(9(17)18)2(1-20-8(3)15)5(19)6-13-14-10(12)21-6/h3,5,8,19H,1,11H2,(H2,12,14)(H,17,18). The number of thiol groups is 1. The van der Waals surface area contributed by atoms with E-state index >= 15 is 0 Å². The molecule has 3 atom stereocenters. The van der Waals surface area contributed by atoms with E-state index in [9.17, 15) is 14.7 Å². The van der Waals surface area contributed by atoms with Crippen molar-refractivity contribution in [1.29, 1.82) is 0 Å². The van der Waals surface area contributed by atoms with E-state index in [1.165, 1.54) is 16.7 Å². The summed E-state index contributed by atoms with van der Waals surface area (Å²) in [5, 5.41) is 16.9. The number of hydrogen-bond donors (Lipinski definition) is 4. The highest BCUT2D eigenvalue weighted by Gasteiger charge is 2.52. The Kier molecular flexibility index (Phi) is 3.59. The van der Waals surface area contributed by atoms with Gasteiger partial charge in [0.2, 0.25) is 11.0 Å². The number of nitrogens with zero attached hydrogens (tertiary/aromatic N) is 3. The highest BCUT2D eigenvalue weighted by atomic mass is 32.2. The summed E-state index contributed by atoms with van der Waals surface area (Å²) in [6, 6.07) is -0.651. The fourth-order valence-electron chi connectivity index (χ4n) is 2.26. The van der Waals surface area contributed by atoms with Crippen molar-refractivity contribution in [3.63, 3.8) is 0 Å². The van der Waals surface area contributed by atoms with Gasteiger partial charge in [-0.05, 0) is 5.57 Å². The first-order chi connectivity index (χ1) is 9.91. The predicted octanol–water partition coefficient (Wildman–Crippen LogP) is -0.328. The molecular weight excluding hydrogens is 334 g/mol. The molecule has 2 aliphatic rings. The van der Waals surface area contributed by atoms with Gasteiger partial charge in [0.15, 0.2) is 0 Å². The van der Waals surface area contributed by atoms with Gasteiger partial charge in [0.05, 0.1) is 5.25 Å². The van der Waals surface area contributed by atoms with Gasteiger partial charge in [0.1, 0.15) is 22.1 Å². The third-order valence-corrected chi connectivity index (χ3v) is 6.13. The van der Waals surface area contributed by atoms with E-state index in [4.69, 9.17) is 11.5 Å². The van der Waals surface area contributed by atoms with Gasteiger partial charge >= 0.3 is 5.97 Å². The second kappa shape index (κ2) is 5.16. The third-order valence-electron chi connectivity index (χ3n) is 3.26. The number of rotatable bonds is 3. The summed E-state index contributed by atoms with van der Waals surface area (Å²) in [6.07, 6.45) is 0. The Hall–Kier alpha value is -1.30. The fraction of sp³-hybridized carbons (Fsp3) is 0.400. The summed E-state index contributed by atoms with van der Waals surface area (Å²) in [4.78, 5) is 24.6. The van der Waals surface area contributed by atoms with Gasteiger partial charge in [-0.1, -0.05) is 11.3 Å². The molecule has 21 heavy (non-hydrogen) atoms. The fourth-order valence-corrected chi connectivity index (χ4v) is 4.77. The SMILES string of the molecule is Nc1nnc(C(S)C2=C(C(=O)O)N3C(=O)C(N)C3SC2)s1. The lowest BCUT2D eigenvalue weighted by Crippen LogP contribution is -2.68. The van der Waals surface area contributed by atoms with Crippen molar-refractivity contribution >= 4 is 52.7 Å². The number of thioether (sulfide) groups is 1. The third kappa shape index (κ3) is 2.20. The number of nitrogen functional groups attached to an aromatic ring is 1. The molecule has 5 N–H and O–H groups in total. The number of hydrogen-bond acceptors (Lipinski definition) is 9. The molecule has 0 radical (unpaired) electrons. The van der Waals surface area contributed by atoms with Crippen LogP contribution in [0.2, 0.25) is 0 Å². The van der Waals surface area contributed by atoms with E-state index in [1.54, 1.807) is 0 Å². The second-order valence-corrected chi connectivity index (χ2v) is 7.16. The number of β-lactam (4-membered cyclic amide) rings is 1. The van der Waals surface area contributed by atoms with Gasteiger partial charge in [0.25, 0.3) is 0 Å². The van der Waals surface area contributed by atoms with Crippen molar-refractivity contribution in [3.05, 3.63) is 16.3 Å². The minimum Gasteiger partial charge on any atom is -0.477 e. The molecule has 1 aromatic rings. The van der Waals surface area contributed by atoms with Crippen LogP contribution in [-0.2, 0) is 9.59 Å². The molecule has 3 unspecified atom stereocenters. The molecule has 8 nitrogen and oxygen atoms in total. The zero-order valence-electron chi connectivity index (χ0n) is 10.5. The number of aliphatic carboxylic acids is 1. The maximum absolute atomic E-state index is 11.8. The molecule has 3 rings (SSSR count). The minimum absolute atomic E-state index is 0.0563. The average Bonchev–Trinajstić information content (AvgIpc) is 2.90. The van der Waals surface area contributed by atoms with Crippen LogP contribution in [0.4, 0.5) is 5.13 Å². The number of fused-ring (bicyclic) bond motifs is 1. The first kappa shape index (κ1) is 14.6. The Morgan fingerprint density at radius 2 is 2.24 bits per heavy atom. The topological polar surface area (TPSA) is 135 Å². The van der Waals surface area contributed by atoms with E-state index in [0.717, 1.165) is 11.3 Å². The van der Waals surface area contributed by atoms with Gasteiger partial charge < -0.3 is 16.6 Å². The summed E-state index contributed by atoms with van der Waals surface area (Å²) >= 11 is 6.98. The zero-order valence-corrected chi connectivity index (χ0v) is 13.0. The summed E-state index contributed by atoms with van der Waals surface area (Å²) in [5.41, 5.74) is 11.7. The average molecular weight is 345 g/mol. The normalized spacial score (nSPS) is 26.4. The number of aromatic nitrogens is 2. The highest BCUT2D eigenvalue weighted by Crippen LogP contribution is 2.45. The molecule has 1 fully saturated rings. The lowest BCUT2D eigenvalue weighted by molar-refractivity contribution is -0.148. The van der Waals surface area contributed by atoms with Crippen molar-refractivity contribution < 1.29 is 14.7 Å². The van der Waals surface area contributed by atoms with Crippen LogP contribution in [0.3, 0.4) is 0 Å². The van der Waals surface area contributed by atoms with Crippen LogP contribution < -0.4 is 11.5 Å². The molecule has 1 saturated heterocycles.